The highest BCUT2D eigenvalue weighted by Crippen LogP contribution is 2.17. The lowest BCUT2D eigenvalue weighted by Crippen LogP contribution is -2.16. The summed E-state index contributed by atoms with van der Waals surface area (Å²) in [5, 5.41) is 16.2. The second-order valence-corrected chi connectivity index (χ2v) is 6.46. The lowest BCUT2D eigenvalue weighted by Gasteiger charge is -2.09. The molecule has 0 aliphatic rings. The molecule has 138 valence electrons. The Balaban J connectivity index is 1.48. The number of hydrogen-bond donors (Lipinski definition) is 2. The van der Waals surface area contributed by atoms with E-state index in [-0.39, 0.29) is 0 Å². The standard InChI is InChI=1S/C21H26ClN3O/c22-21-9-8-18(10-11-23)16-19(21)17-24-12-4-5-14-26-15-13-25-20-6-2-1-3-7-20/h1-3,6-9,16,24-25H,4-5,10,12-15,17H2. The summed E-state index contributed by atoms with van der Waals surface area (Å²) >= 11 is 6.20. The van der Waals surface area contributed by atoms with Crippen molar-refractivity contribution >= 4 is 17.3 Å². The predicted octanol–water partition coefficient (Wildman–Crippen LogP) is 4.40. The highest BCUT2D eigenvalue weighted by Gasteiger charge is 2.02. The molecule has 0 saturated carbocycles. The topological polar surface area (TPSA) is 57.1 Å². The molecule has 0 unspecified atom stereocenters. The van der Waals surface area contributed by atoms with Crippen LogP contribution in [-0.4, -0.2) is 26.3 Å². The van der Waals surface area contributed by atoms with Crippen molar-refractivity contribution in [3.8, 4) is 6.07 Å². The fourth-order valence-corrected chi connectivity index (χ4v) is 2.75. The number of hydrogen-bond acceptors (Lipinski definition) is 4. The molecule has 5 heteroatoms. The molecule has 0 aromatic heterocycles. The van der Waals surface area contributed by atoms with Gasteiger partial charge in [-0.25, -0.2) is 0 Å². The number of halogens is 1. The summed E-state index contributed by atoms with van der Waals surface area (Å²) in [5.41, 5.74) is 3.17. The maximum atomic E-state index is 8.77. The highest BCUT2D eigenvalue weighted by atomic mass is 35.5. The zero-order valence-corrected chi connectivity index (χ0v) is 15.8. The molecule has 4 nitrogen and oxygen atoms in total. The number of nitrogens with zero attached hydrogens (tertiary/aromatic N) is 1. The maximum absolute atomic E-state index is 8.77. The van der Waals surface area contributed by atoms with E-state index < -0.39 is 0 Å². The van der Waals surface area contributed by atoms with Crippen molar-refractivity contribution in [1.82, 2.24) is 5.32 Å². The van der Waals surface area contributed by atoms with E-state index in [0.717, 1.165) is 60.9 Å². The van der Waals surface area contributed by atoms with Crippen LogP contribution in [0.25, 0.3) is 0 Å². The van der Waals surface area contributed by atoms with Gasteiger partial charge in [-0.2, -0.15) is 5.26 Å². The first-order valence-electron chi connectivity index (χ1n) is 9.01. The molecule has 0 spiro atoms. The van der Waals surface area contributed by atoms with Crippen LogP contribution in [0.3, 0.4) is 0 Å². The molecule has 0 aliphatic heterocycles. The van der Waals surface area contributed by atoms with Crippen molar-refractivity contribution in [3.63, 3.8) is 0 Å². The minimum Gasteiger partial charge on any atom is -0.383 e. The Morgan fingerprint density at radius 3 is 2.65 bits per heavy atom. The predicted molar refractivity (Wildman–Crippen MR) is 107 cm³/mol. The third-order valence-electron chi connectivity index (χ3n) is 3.95. The zero-order valence-electron chi connectivity index (χ0n) is 15.0. The molecule has 0 heterocycles. The van der Waals surface area contributed by atoms with E-state index in [4.69, 9.17) is 21.6 Å². The molecule has 0 bridgehead atoms. The van der Waals surface area contributed by atoms with Crippen molar-refractivity contribution in [2.24, 2.45) is 0 Å². The molecule has 26 heavy (non-hydrogen) atoms. The van der Waals surface area contributed by atoms with Gasteiger partial charge in [-0.3, -0.25) is 0 Å². The SMILES string of the molecule is N#CCc1ccc(Cl)c(CNCCCCOCCNc2ccccc2)c1. The first-order valence-corrected chi connectivity index (χ1v) is 9.39. The Bertz CT molecular complexity index is 685. The third-order valence-corrected chi connectivity index (χ3v) is 4.32. The molecule has 0 aliphatic carbocycles. The average Bonchev–Trinajstić information content (AvgIpc) is 2.66. The van der Waals surface area contributed by atoms with Crippen LogP contribution in [0.2, 0.25) is 5.02 Å². The van der Waals surface area contributed by atoms with E-state index in [2.05, 4.69) is 16.7 Å². The van der Waals surface area contributed by atoms with Crippen LogP contribution in [-0.2, 0) is 17.7 Å². The van der Waals surface area contributed by atoms with Gasteiger partial charge in [0.1, 0.15) is 0 Å². The van der Waals surface area contributed by atoms with E-state index in [1.165, 1.54) is 0 Å². The second-order valence-electron chi connectivity index (χ2n) is 6.05. The first-order chi connectivity index (χ1) is 12.8. The molecule has 0 saturated heterocycles. The van der Waals surface area contributed by atoms with Crippen molar-refractivity contribution in [1.29, 1.82) is 5.26 Å². The fraction of sp³-hybridized carbons (Fsp3) is 0.381. The van der Waals surface area contributed by atoms with E-state index in [9.17, 15) is 0 Å². The normalized spacial score (nSPS) is 10.5. The number of nitrogens with one attached hydrogen (secondary N) is 2. The smallest absolute Gasteiger partial charge is 0.0669 e. The molecular weight excluding hydrogens is 346 g/mol. The Labute approximate surface area is 161 Å². The van der Waals surface area contributed by atoms with Gasteiger partial charge in [-0.15, -0.1) is 0 Å². The van der Waals surface area contributed by atoms with Gasteiger partial charge in [0.15, 0.2) is 0 Å². The van der Waals surface area contributed by atoms with Crippen molar-refractivity contribution in [2.45, 2.75) is 25.8 Å². The molecule has 2 aromatic rings. The maximum Gasteiger partial charge on any atom is 0.0669 e. The van der Waals surface area contributed by atoms with Crippen molar-refractivity contribution < 1.29 is 4.74 Å². The lowest BCUT2D eigenvalue weighted by molar-refractivity contribution is 0.140. The largest absolute Gasteiger partial charge is 0.383 e. The summed E-state index contributed by atoms with van der Waals surface area (Å²) in [4.78, 5) is 0. The van der Waals surface area contributed by atoms with Gasteiger partial charge in [0, 0.05) is 30.4 Å². The molecular formula is C21H26ClN3O. The molecule has 0 atom stereocenters. The lowest BCUT2D eigenvalue weighted by atomic mass is 10.1. The summed E-state index contributed by atoms with van der Waals surface area (Å²) in [7, 11) is 0. The quantitative estimate of drug-likeness (QED) is 0.543. The van der Waals surface area contributed by atoms with Gasteiger partial charge in [0.25, 0.3) is 0 Å². The first kappa shape index (κ1) is 20.3. The van der Waals surface area contributed by atoms with Crippen LogP contribution in [0.1, 0.15) is 24.0 Å². The second kappa shape index (κ2) is 12.3. The van der Waals surface area contributed by atoms with Crippen LogP contribution >= 0.6 is 11.6 Å². The van der Waals surface area contributed by atoms with Gasteiger partial charge in [-0.1, -0.05) is 41.9 Å². The number of nitriles is 1. The number of benzene rings is 2. The molecule has 0 amide bonds. The summed E-state index contributed by atoms with van der Waals surface area (Å²) in [6, 6.07) is 18.1. The van der Waals surface area contributed by atoms with Gasteiger partial charge in [0.2, 0.25) is 0 Å². The number of unbranched alkanes of at least 4 members (excludes halogenated alkanes) is 1. The third kappa shape index (κ3) is 7.88. The Morgan fingerprint density at radius 2 is 1.85 bits per heavy atom. The van der Waals surface area contributed by atoms with E-state index in [1.54, 1.807) is 0 Å². The zero-order chi connectivity index (χ0) is 18.5. The van der Waals surface area contributed by atoms with Gasteiger partial charge < -0.3 is 15.4 Å². The monoisotopic (exact) mass is 371 g/mol. The average molecular weight is 372 g/mol. The molecule has 0 fully saturated rings. The van der Waals surface area contributed by atoms with Gasteiger partial charge in [-0.05, 0) is 48.7 Å². The van der Waals surface area contributed by atoms with E-state index in [1.807, 2.05) is 48.5 Å². The summed E-state index contributed by atoms with van der Waals surface area (Å²) in [6.07, 6.45) is 2.50. The van der Waals surface area contributed by atoms with Gasteiger partial charge >= 0.3 is 0 Å². The number of ether oxygens (including phenoxy) is 1. The van der Waals surface area contributed by atoms with Crippen LogP contribution in [0, 0.1) is 11.3 Å². The Kier molecular flexibility index (Phi) is 9.60. The minimum atomic E-state index is 0.417. The summed E-state index contributed by atoms with van der Waals surface area (Å²) in [6.45, 7) is 3.95. The Hall–Kier alpha value is -2.06. The van der Waals surface area contributed by atoms with Crippen molar-refractivity contribution in [2.75, 3.05) is 31.6 Å². The molecule has 2 N–H and O–H groups in total. The number of rotatable bonds is 12. The highest BCUT2D eigenvalue weighted by molar-refractivity contribution is 6.31. The van der Waals surface area contributed by atoms with Crippen LogP contribution in [0.15, 0.2) is 48.5 Å². The number of para-hydroxylation sites is 1. The summed E-state index contributed by atoms with van der Waals surface area (Å²) in [5.74, 6) is 0. The fourth-order valence-electron chi connectivity index (χ4n) is 2.57. The molecule has 2 aromatic carbocycles. The van der Waals surface area contributed by atoms with E-state index >= 15 is 0 Å². The molecule has 2 rings (SSSR count). The Morgan fingerprint density at radius 1 is 1.00 bits per heavy atom. The minimum absolute atomic E-state index is 0.417. The number of anilines is 1. The van der Waals surface area contributed by atoms with Crippen molar-refractivity contribution in [3.05, 3.63) is 64.7 Å². The van der Waals surface area contributed by atoms with Crippen LogP contribution in [0.4, 0.5) is 5.69 Å². The van der Waals surface area contributed by atoms with Crippen LogP contribution < -0.4 is 10.6 Å². The van der Waals surface area contributed by atoms with E-state index in [0.29, 0.717) is 13.0 Å². The van der Waals surface area contributed by atoms with Gasteiger partial charge in [0.05, 0.1) is 19.1 Å². The molecule has 0 radical (unpaired) electrons. The summed E-state index contributed by atoms with van der Waals surface area (Å²) < 4.78 is 5.64. The van der Waals surface area contributed by atoms with Crippen LogP contribution in [0.5, 0.6) is 0 Å².